The monoisotopic (exact) mass is 411 g/mol. The standard InChI is InChI=1S/C15H14BrN3O4S/c1-22-10-4-2-9(3-5-10)8-13(20)18-19-15(24)17-14(21)11-6-7-12(16)23-11/h2-7H,8H2,1H3,(H,18,20)(H2,17,19,21,24). The number of hydrogen-bond acceptors (Lipinski definition) is 5. The Morgan fingerprint density at radius 1 is 1.17 bits per heavy atom. The first-order chi connectivity index (χ1) is 11.5. The summed E-state index contributed by atoms with van der Waals surface area (Å²) in [5, 5.41) is 2.33. The third-order valence-corrected chi connectivity index (χ3v) is 3.49. The van der Waals surface area contributed by atoms with Gasteiger partial charge in [0.2, 0.25) is 5.91 Å². The number of hydrogen-bond donors (Lipinski definition) is 3. The van der Waals surface area contributed by atoms with Gasteiger partial charge in [0.15, 0.2) is 15.5 Å². The number of nitrogens with one attached hydrogen (secondary N) is 3. The van der Waals surface area contributed by atoms with Crippen LogP contribution in [0.3, 0.4) is 0 Å². The SMILES string of the molecule is COc1ccc(CC(=O)NNC(=S)NC(=O)c2ccc(Br)o2)cc1. The van der Waals surface area contributed by atoms with Crippen molar-refractivity contribution < 1.29 is 18.7 Å². The molecule has 0 saturated carbocycles. The van der Waals surface area contributed by atoms with Crippen LogP contribution in [0.15, 0.2) is 45.5 Å². The van der Waals surface area contributed by atoms with Crippen molar-refractivity contribution in [3.8, 4) is 5.75 Å². The van der Waals surface area contributed by atoms with Crippen LogP contribution < -0.4 is 20.9 Å². The predicted molar refractivity (Wildman–Crippen MR) is 94.4 cm³/mol. The van der Waals surface area contributed by atoms with Gasteiger partial charge in [-0.3, -0.25) is 25.8 Å². The maximum Gasteiger partial charge on any atom is 0.293 e. The highest BCUT2D eigenvalue weighted by Crippen LogP contribution is 2.13. The van der Waals surface area contributed by atoms with E-state index in [1.165, 1.54) is 6.07 Å². The van der Waals surface area contributed by atoms with E-state index >= 15 is 0 Å². The molecular formula is C15H14BrN3O4S. The lowest BCUT2D eigenvalue weighted by atomic mass is 10.1. The number of carbonyl (C=O) groups excluding carboxylic acids is 2. The highest BCUT2D eigenvalue weighted by molar-refractivity contribution is 9.10. The van der Waals surface area contributed by atoms with Gasteiger partial charge < -0.3 is 9.15 Å². The third kappa shape index (κ3) is 5.36. The van der Waals surface area contributed by atoms with Gasteiger partial charge in [-0.1, -0.05) is 12.1 Å². The molecule has 9 heteroatoms. The first-order valence-electron chi connectivity index (χ1n) is 6.76. The van der Waals surface area contributed by atoms with Gasteiger partial charge in [0.1, 0.15) is 5.75 Å². The van der Waals surface area contributed by atoms with Gasteiger partial charge in [0.25, 0.3) is 5.91 Å². The molecule has 0 saturated heterocycles. The average molecular weight is 412 g/mol. The molecule has 0 aliphatic carbocycles. The van der Waals surface area contributed by atoms with Crippen LogP contribution in [-0.2, 0) is 11.2 Å². The Balaban J connectivity index is 1.76. The van der Waals surface area contributed by atoms with E-state index in [2.05, 4.69) is 32.1 Å². The highest BCUT2D eigenvalue weighted by Gasteiger charge is 2.12. The second kappa shape index (κ2) is 8.46. The van der Waals surface area contributed by atoms with Crippen molar-refractivity contribution >= 4 is 45.1 Å². The molecule has 0 aliphatic rings. The maximum absolute atomic E-state index is 11.8. The van der Waals surface area contributed by atoms with Gasteiger partial charge in [-0.2, -0.15) is 0 Å². The normalized spacial score (nSPS) is 9.92. The van der Waals surface area contributed by atoms with Gasteiger partial charge in [-0.25, -0.2) is 0 Å². The first kappa shape index (κ1) is 18.0. The summed E-state index contributed by atoms with van der Waals surface area (Å²) in [7, 11) is 1.57. The largest absolute Gasteiger partial charge is 0.497 e. The molecule has 7 nitrogen and oxygen atoms in total. The van der Waals surface area contributed by atoms with E-state index in [4.69, 9.17) is 21.4 Å². The van der Waals surface area contributed by atoms with Crippen molar-refractivity contribution in [3.05, 3.63) is 52.4 Å². The van der Waals surface area contributed by atoms with Crippen molar-refractivity contribution in [2.75, 3.05) is 7.11 Å². The fraction of sp³-hybridized carbons (Fsp3) is 0.133. The van der Waals surface area contributed by atoms with Gasteiger partial charge in [0, 0.05) is 0 Å². The van der Waals surface area contributed by atoms with Gasteiger partial charge >= 0.3 is 0 Å². The number of benzene rings is 1. The van der Waals surface area contributed by atoms with E-state index in [0.29, 0.717) is 10.4 Å². The number of hydrazine groups is 1. The van der Waals surface area contributed by atoms with Crippen LogP contribution in [0.4, 0.5) is 0 Å². The van der Waals surface area contributed by atoms with E-state index in [-0.39, 0.29) is 23.2 Å². The van der Waals surface area contributed by atoms with E-state index in [1.54, 1.807) is 37.4 Å². The summed E-state index contributed by atoms with van der Waals surface area (Å²) in [6, 6.07) is 10.2. The third-order valence-electron chi connectivity index (χ3n) is 2.86. The van der Waals surface area contributed by atoms with Crippen molar-refractivity contribution in [3.63, 3.8) is 0 Å². The molecule has 1 aromatic carbocycles. The Morgan fingerprint density at radius 2 is 1.88 bits per heavy atom. The van der Waals surface area contributed by atoms with E-state index in [9.17, 15) is 9.59 Å². The summed E-state index contributed by atoms with van der Waals surface area (Å²) < 4.78 is 10.6. The van der Waals surface area contributed by atoms with Crippen LogP contribution in [0.2, 0.25) is 0 Å². The minimum Gasteiger partial charge on any atom is -0.497 e. The minimum absolute atomic E-state index is 0.0457. The van der Waals surface area contributed by atoms with Crippen LogP contribution in [-0.4, -0.2) is 24.0 Å². The molecule has 2 rings (SSSR count). The highest BCUT2D eigenvalue weighted by atomic mass is 79.9. The van der Waals surface area contributed by atoms with Gasteiger partial charge in [-0.05, 0) is 58.0 Å². The molecule has 1 aromatic heterocycles. The molecule has 0 aliphatic heterocycles. The molecule has 0 spiro atoms. The number of methoxy groups -OCH3 is 1. The zero-order valence-electron chi connectivity index (χ0n) is 12.6. The maximum atomic E-state index is 11.8. The van der Waals surface area contributed by atoms with Crippen LogP contribution in [0.1, 0.15) is 16.1 Å². The number of ether oxygens (including phenoxy) is 1. The Labute approximate surface area is 151 Å². The topological polar surface area (TPSA) is 92.6 Å². The molecule has 24 heavy (non-hydrogen) atoms. The summed E-state index contributed by atoms with van der Waals surface area (Å²) in [4.78, 5) is 23.6. The van der Waals surface area contributed by atoms with Crippen molar-refractivity contribution in [1.29, 1.82) is 0 Å². The molecule has 2 aromatic rings. The van der Waals surface area contributed by atoms with Crippen LogP contribution >= 0.6 is 28.1 Å². The molecular weight excluding hydrogens is 398 g/mol. The van der Waals surface area contributed by atoms with Gasteiger partial charge in [0.05, 0.1) is 13.5 Å². The van der Waals surface area contributed by atoms with Crippen molar-refractivity contribution in [2.24, 2.45) is 0 Å². The summed E-state index contributed by atoms with van der Waals surface area (Å²) in [5.41, 5.74) is 5.67. The summed E-state index contributed by atoms with van der Waals surface area (Å²) >= 11 is 8.02. The number of furan rings is 1. The lowest BCUT2D eigenvalue weighted by Gasteiger charge is -2.10. The fourth-order valence-corrected chi connectivity index (χ4v) is 2.18. The Bertz CT molecular complexity index is 745. The van der Waals surface area contributed by atoms with E-state index in [0.717, 1.165) is 5.56 Å². The molecule has 0 radical (unpaired) electrons. The number of carbonyl (C=O) groups is 2. The molecule has 2 amide bonds. The van der Waals surface area contributed by atoms with E-state index in [1.807, 2.05) is 0 Å². The summed E-state index contributed by atoms with van der Waals surface area (Å²) in [5.74, 6) is -0.0265. The minimum atomic E-state index is -0.525. The molecule has 0 fully saturated rings. The number of thiocarbonyl (C=S) groups is 1. The molecule has 126 valence electrons. The van der Waals surface area contributed by atoms with Gasteiger partial charge in [-0.15, -0.1) is 0 Å². The second-order valence-electron chi connectivity index (χ2n) is 4.59. The molecule has 0 atom stereocenters. The van der Waals surface area contributed by atoms with Crippen molar-refractivity contribution in [1.82, 2.24) is 16.2 Å². The first-order valence-corrected chi connectivity index (χ1v) is 7.96. The Kier molecular flexibility index (Phi) is 6.33. The fourth-order valence-electron chi connectivity index (χ4n) is 1.73. The lowest BCUT2D eigenvalue weighted by molar-refractivity contribution is -0.121. The number of halogens is 1. The van der Waals surface area contributed by atoms with E-state index < -0.39 is 5.91 Å². The second-order valence-corrected chi connectivity index (χ2v) is 5.77. The van der Waals surface area contributed by atoms with Crippen LogP contribution in [0, 0.1) is 0 Å². The summed E-state index contributed by atoms with van der Waals surface area (Å²) in [6.07, 6.45) is 0.151. The summed E-state index contributed by atoms with van der Waals surface area (Å²) in [6.45, 7) is 0. The molecule has 3 N–H and O–H groups in total. The smallest absolute Gasteiger partial charge is 0.293 e. The zero-order chi connectivity index (χ0) is 17.5. The number of amides is 2. The zero-order valence-corrected chi connectivity index (χ0v) is 15.0. The average Bonchev–Trinajstić information content (AvgIpc) is 3.00. The molecule has 0 bridgehead atoms. The quantitative estimate of drug-likeness (QED) is 0.525. The van der Waals surface area contributed by atoms with Crippen molar-refractivity contribution in [2.45, 2.75) is 6.42 Å². The Hall–Kier alpha value is -2.39. The number of rotatable bonds is 4. The Morgan fingerprint density at radius 3 is 2.46 bits per heavy atom. The van der Waals surface area contributed by atoms with Crippen LogP contribution in [0.5, 0.6) is 5.75 Å². The predicted octanol–water partition coefficient (Wildman–Crippen LogP) is 1.93. The van der Waals surface area contributed by atoms with Crippen LogP contribution in [0.25, 0.3) is 0 Å². The molecule has 0 unspecified atom stereocenters. The lowest BCUT2D eigenvalue weighted by Crippen LogP contribution is -2.48. The molecule has 1 heterocycles.